The Balaban J connectivity index is 4.78. The number of amides is 2. The molecule has 0 aromatic carbocycles. The molecule has 0 fully saturated rings. The van der Waals surface area contributed by atoms with Crippen molar-refractivity contribution in [1.29, 1.82) is 0 Å². The minimum absolute atomic E-state index is 0.0235. The molecule has 12 nitrogen and oxygen atoms in total. The SMILES string of the molecule is CC(=O)N[C@@H](CC(=O)O)C(=O)N[C@@H](CCCC(NN)C(=O)O)C(=O)O. The Bertz CT molecular complexity index is 508. The molecule has 0 radical (unpaired) electrons. The van der Waals surface area contributed by atoms with Gasteiger partial charge in [-0.3, -0.25) is 25.0 Å². The Labute approximate surface area is 142 Å². The van der Waals surface area contributed by atoms with Crippen LogP contribution in [0.25, 0.3) is 0 Å². The molecule has 1 unspecified atom stereocenters. The van der Waals surface area contributed by atoms with E-state index in [1.165, 1.54) is 0 Å². The number of rotatable bonds is 12. The Kier molecular flexibility index (Phi) is 9.74. The van der Waals surface area contributed by atoms with Crippen LogP contribution < -0.4 is 21.9 Å². The zero-order valence-corrected chi connectivity index (χ0v) is 13.5. The molecule has 0 rings (SSSR count). The van der Waals surface area contributed by atoms with Crippen molar-refractivity contribution in [1.82, 2.24) is 16.1 Å². The van der Waals surface area contributed by atoms with Crippen molar-refractivity contribution in [3.63, 3.8) is 0 Å². The lowest BCUT2D eigenvalue weighted by molar-refractivity contribution is -0.143. The summed E-state index contributed by atoms with van der Waals surface area (Å²) in [7, 11) is 0. The van der Waals surface area contributed by atoms with Crippen LogP contribution in [0.5, 0.6) is 0 Å². The number of carboxylic acid groups (broad SMARTS) is 3. The summed E-state index contributed by atoms with van der Waals surface area (Å²) < 4.78 is 0. The molecule has 0 saturated heterocycles. The van der Waals surface area contributed by atoms with E-state index >= 15 is 0 Å². The third-order valence-corrected chi connectivity index (χ3v) is 3.17. The van der Waals surface area contributed by atoms with Gasteiger partial charge < -0.3 is 26.0 Å². The molecule has 8 N–H and O–H groups in total. The standard InChI is InChI=1S/C13H22N4O8/c1-6(18)15-9(5-10(19)20)11(21)16-7(12(22)23)3-2-4-8(17-14)13(24)25/h7-9,17H,2-5,14H2,1H3,(H,15,18)(H,16,21)(H,19,20)(H,22,23)(H,24,25)/t7-,8?,9-/m0/s1. The first-order valence-electron chi connectivity index (χ1n) is 7.29. The second-order valence-electron chi connectivity index (χ2n) is 5.24. The van der Waals surface area contributed by atoms with Gasteiger partial charge >= 0.3 is 17.9 Å². The molecule has 0 aliphatic heterocycles. The van der Waals surface area contributed by atoms with Gasteiger partial charge in [0.2, 0.25) is 11.8 Å². The first kappa shape index (κ1) is 22.3. The molecule has 3 atom stereocenters. The maximum atomic E-state index is 12.0. The summed E-state index contributed by atoms with van der Waals surface area (Å²) in [6.45, 7) is 1.09. The fourth-order valence-electron chi connectivity index (χ4n) is 1.96. The summed E-state index contributed by atoms with van der Waals surface area (Å²) in [6, 6.07) is -3.86. The fourth-order valence-corrected chi connectivity index (χ4v) is 1.96. The van der Waals surface area contributed by atoms with E-state index in [4.69, 9.17) is 21.2 Å². The highest BCUT2D eigenvalue weighted by Gasteiger charge is 2.28. The van der Waals surface area contributed by atoms with E-state index in [9.17, 15) is 24.0 Å². The number of aliphatic carboxylic acids is 3. The minimum Gasteiger partial charge on any atom is -0.481 e. The van der Waals surface area contributed by atoms with Crippen LogP contribution in [0.2, 0.25) is 0 Å². The van der Waals surface area contributed by atoms with Gasteiger partial charge in [-0.1, -0.05) is 0 Å². The molecule has 25 heavy (non-hydrogen) atoms. The molecule has 0 aromatic heterocycles. The molecular formula is C13H22N4O8. The number of nitrogens with two attached hydrogens (primary N) is 1. The topological polar surface area (TPSA) is 208 Å². The second kappa shape index (κ2) is 10.9. The summed E-state index contributed by atoms with van der Waals surface area (Å²) in [5, 5.41) is 30.9. The van der Waals surface area contributed by atoms with Crippen molar-refractivity contribution in [2.24, 2.45) is 5.84 Å². The van der Waals surface area contributed by atoms with Gasteiger partial charge in [0.15, 0.2) is 0 Å². The molecule has 0 bridgehead atoms. The van der Waals surface area contributed by atoms with Crippen molar-refractivity contribution in [2.45, 2.75) is 50.7 Å². The van der Waals surface area contributed by atoms with Crippen LogP contribution in [0, 0.1) is 0 Å². The maximum absolute atomic E-state index is 12.0. The Morgan fingerprint density at radius 3 is 1.80 bits per heavy atom. The van der Waals surface area contributed by atoms with Crippen LogP contribution in [0.3, 0.4) is 0 Å². The molecule has 12 heteroatoms. The van der Waals surface area contributed by atoms with E-state index in [1.807, 2.05) is 0 Å². The largest absolute Gasteiger partial charge is 0.481 e. The summed E-state index contributed by atoms with van der Waals surface area (Å²) in [5.41, 5.74) is 2.06. The lowest BCUT2D eigenvalue weighted by Crippen LogP contribution is -2.52. The monoisotopic (exact) mass is 362 g/mol. The molecule has 0 aromatic rings. The van der Waals surface area contributed by atoms with E-state index < -0.39 is 54.3 Å². The summed E-state index contributed by atoms with van der Waals surface area (Å²) >= 11 is 0. The summed E-state index contributed by atoms with van der Waals surface area (Å²) in [6.07, 6.45) is -0.680. The molecule has 0 spiro atoms. The van der Waals surface area contributed by atoms with Crippen molar-refractivity contribution < 1.29 is 39.3 Å². The smallest absolute Gasteiger partial charge is 0.326 e. The minimum atomic E-state index is -1.42. The number of hydrogen-bond donors (Lipinski definition) is 7. The van der Waals surface area contributed by atoms with Crippen LogP contribution in [0.1, 0.15) is 32.6 Å². The van der Waals surface area contributed by atoms with E-state index in [-0.39, 0.29) is 19.3 Å². The van der Waals surface area contributed by atoms with Crippen molar-refractivity contribution in [2.75, 3.05) is 0 Å². The zero-order chi connectivity index (χ0) is 19.6. The number of hydrazine groups is 1. The number of nitrogens with one attached hydrogen (secondary N) is 3. The number of hydrogen-bond acceptors (Lipinski definition) is 7. The van der Waals surface area contributed by atoms with Crippen molar-refractivity contribution >= 4 is 29.7 Å². The van der Waals surface area contributed by atoms with Crippen LogP contribution in [-0.4, -0.2) is 63.2 Å². The molecule has 2 amide bonds. The van der Waals surface area contributed by atoms with Gasteiger partial charge in [-0.2, -0.15) is 0 Å². The summed E-state index contributed by atoms with van der Waals surface area (Å²) in [4.78, 5) is 55.8. The lowest BCUT2D eigenvalue weighted by Gasteiger charge is -2.20. The van der Waals surface area contributed by atoms with Crippen LogP contribution in [-0.2, 0) is 24.0 Å². The van der Waals surface area contributed by atoms with Crippen LogP contribution >= 0.6 is 0 Å². The van der Waals surface area contributed by atoms with Crippen LogP contribution in [0.15, 0.2) is 0 Å². The Hall–Kier alpha value is -2.73. The fraction of sp³-hybridized carbons (Fsp3) is 0.615. The highest BCUT2D eigenvalue weighted by atomic mass is 16.4. The number of carbonyl (C=O) groups excluding carboxylic acids is 2. The number of carbonyl (C=O) groups is 5. The average Bonchev–Trinajstić information content (AvgIpc) is 2.47. The Morgan fingerprint density at radius 2 is 1.40 bits per heavy atom. The Morgan fingerprint density at radius 1 is 0.880 bits per heavy atom. The zero-order valence-electron chi connectivity index (χ0n) is 13.5. The highest BCUT2D eigenvalue weighted by molar-refractivity contribution is 5.92. The van der Waals surface area contributed by atoms with E-state index in [0.29, 0.717) is 0 Å². The predicted molar refractivity (Wildman–Crippen MR) is 82.0 cm³/mol. The van der Waals surface area contributed by atoms with Crippen molar-refractivity contribution in [3.05, 3.63) is 0 Å². The summed E-state index contributed by atoms with van der Waals surface area (Å²) in [5.74, 6) is -0.485. The van der Waals surface area contributed by atoms with Gasteiger partial charge in [-0.15, -0.1) is 0 Å². The highest BCUT2D eigenvalue weighted by Crippen LogP contribution is 2.06. The third kappa shape index (κ3) is 9.22. The first-order valence-corrected chi connectivity index (χ1v) is 7.29. The molecule has 142 valence electrons. The van der Waals surface area contributed by atoms with E-state index in [2.05, 4.69) is 16.1 Å². The quantitative estimate of drug-likeness (QED) is 0.145. The van der Waals surface area contributed by atoms with E-state index in [0.717, 1.165) is 6.92 Å². The van der Waals surface area contributed by atoms with Gasteiger partial charge in [0.1, 0.15) is 18.1 Å². The van der Waals surface area contributed by atoms with Crippen LogP contribution in [0.4, 0.5) is 0 Å². The van der Waals surface area contributed by atoms with Gasteiger partial charge in [-0.25, -0.2) is 10.2 Å². The normalized spacial score (nSPS) is 14.0. The van der Waals surface area contributed by atoms with Gasteiger partial charge in [0, 0.05) is 6.92 Å². The molecule has 0 aliphatic carbocycles. The first-order chi connectivity index (χ1) is 11.6. The van der Waals surface area contributed by atoms with Gasteiger partial charge in [0.05, 0.1) is 6.42 Å². The molecule has 0 aliphatic rings. The predicted octanol–water partition coefficient (Wildman–Crippen LogP) is -2.38. The number of carboxylic acids is 3. The van der Waals surface area contributed by atoms with Gasteiger partial charge in [0.25, 0.3) is 0 Å². The average molecular weight is 362 g/mol. The molecule has 0 saturated carbocycles. The molecule has 0 heterocycles. The van der Waals surface area contributed by atoms with Crippen molar-refractivity contribution in [3.8, 4) is 0 Å². The van der Waals surface area contributed by atoms with E-state index in [1.54, 1.807) is 0 Å². The van der Waals surface area contributed by atoms with Gasteiger partial charge in [-0.05, 0) is 19.3 Å². The third-order valence-electron chi connectivity index (χ3n) is 3.17. The lowest BCUT2D eigenvalue weighted by atomic mass is 10.0. The second-order valence-corrected chi connectivity index (χ2v) is 5.24. The molecular weight excluding hydrogens is 340 g/mol. The maximum Gasteiger partial charge on any atom is 0.326 e.